The summed E-state index contributed by atoms with van der Waals surface area (Å²) in [5, 5.41) is 2.96. The van der Waals surface area contributed by atoms with Crippen LogP contribution in [0.3, 0.4) is 0 Å². The fraction of sp³-hybridized carbons (Fsp3) is 0.240. The lowest BCUT2D eigenvalue weighted by Crippen LogP contribution is -2.36. The number of hydrogen-bond donors (Lipinski definition) is 1. The van der Waals surface area contributed by atoms with E-state index in [1.54, 1.807) is 12.1 Å². The van der Waals surface area contributed by atoms with Gasteiger partial charge >= 0.3 is 0 Å². The number of morpholine rings is 1. The molecule has 33 heavy (non-hydrogen) atoms. The van der Waals surface area contributed by atoms with E-state index in [0.717, 1.165) is 24.3 Å². The van der Waals surface area contributed by atoms with Gasteiger partial charge < -0.3 is 15.0 Å². The maximum Gasteiger partial charge on any atom is 0.264 e. The number of sulfonamides is 1. The first kappa shape index (κ1) is 21.5. The fourth-order valence-electron chi connectivity index (χ4n) is 4.34. The summed E-state index contributed by atoms with van der Waals surface area (Å²) in [5.41, 5.74) is 3.61. The summed E-state index contributed by atoms with van der Waals surface area (Å²) in [6.07, 6.45) is 0.675. The van der Waals surface area contributed by atoms with Crippen LogP contribution in [0.15, 0.2) is 77.7 Å². The van der Waals surface area contributed by atoms with Gasteiger partial charge in [-0.2, -0.15) is 0 Å². The number of anilines is 3. The average Bonchev–Trinajstić information content (AvgIpc) is 3.30. The van der Waals surface area contributed by atoms with Gasteiger partial charge in [-0.05, 0) is 48.4 Å². The Labute approximate surface area is 193 Å². The molecule has 5 rings (SSSR count). The lowest BCUT2D eigenvalue weighted by atomic mass is 10.2. The lowest BCUT2D eigenvalue weighted by Gasteiger charge is -2.30. The van der Waals surface area contributed by atoms with Crippen molar-refractivity contribution in [2.45, 2.75) is 11.3 Å². The van der Waals surface area contributed by atoms with Crippen LogP contribution in [0.25, 0.3) is 0 Å². The van der Waals surface area contributed by atoms with Gasteiger partial charge in [-0.25, -0.2) is 8.42 Å². The Kier molecular flexibility index (Phi) is 5.78. The molecule has 2 aliphatic rings. The second kappa shape index (κ2) is 8.88. The summed E-state index contributed by atoms with van der Waals surface area (Å²) in [6.45, 7) is 3.17. The third kappa shape index (κ3) is 4.19. The highest BCUT2D eigenvalue weighted by molar-refractivity contribution is 7.92. The Hall–Kier alpha value is -3.36. The number of para-hydroxylation sites is 3. The van der Waals surface area contributed by atoms with Gasteiger partial charge in [0, 0.05) is 25.2 Å². The molecule has 170 valence electrons. The van der Waals surface area contributed by atoms with Gasteiger partial charge in [0.15, 0.2) is 0 Å². The van der Waals surface area contributed by atoms with E-state index in [0.29, 0.717) is 43.1 Å². The van der Waals surface area contributed by atoms with Crippen molar-refractivity contribution < 1.29 is 17.9 Å². The van der Waals surface area contributed by atoms with Gasteiger partial charge in [-0.3, -0.25) is 9.10 Å². The maximum absolute atomic E-state index is 13.4. The van der Waals surface area contributed by atoms with Crippen LogP contribution in [-0.2, 0) is 21.2 Å². The molecule has 7 nitrogen and oxygen atoms in total. The van der Waals surface area contributed by atoms with Crippen LogP contribution in [0.2, 0.25) is 0 Å². The molecule has 0 atom stereocenters. The molecule has 1 amide bonds. The third-order valence-corrected chi connectivity index (χ3v) is 7.84. The smallest absolute Gasteiger partial charge is 0.264 e. The molecule has 0 aromatic heterocycles. The number of hydrogen-bond acceptors (Lipinski definition) is 5. The van der Waals surface area contributed by atoms with E-state index in [2.05, 4.69) is 10.2 Å². The van der Waals surface area contributed by atoms with Gasteiger partial charge in [-0.15, -0.1) is 0 Å². The zero-order chi connectivity index (χ0) is 22.8. The quantitative estimate of drug-likeness (QED) is 0.626. The largest absolute Gasteiger partial charge is 0.378 e. The molecule has 1 saturated heterocycles. The molecule has 1 fully saturated rings. The number of ether oxygens (including phenoxy) is 1. The first-order chi connectivity index (χ1) is 16.0. The second-order valence-corrected chi connectivity index (χ2v) is 9.92. The summed E-state index contributed by atoms with van der Waals surface area (Å²) >= 11 is 0. The highest BCUT2D eigenvalue weighted by Gasteiger charge is 2.31. The lowest BCUT2D eigenvalue weighted by molar-refractivity contribution is 0.102. The molecular formula is C25H25N3O4S. The van der Waals surface area contributed by atoms with Crippen LogP contribution in [0.4, 0.5) is 17.1 Å². The highest BCUT2D eigenvalue weighted by Crippen LogP contribution is 2.33. The molecule has 0 spiro atoms. The topological polar surface area (TPSA) is 79.0 Å². The Bertz CT molecular complexity index is 1290. The van der Waals surface area contributed by atoms with Gasteiger partial charge in [-0.1, -0.05) is 36.4 Å². The van der Waals surface area contributed by atoms with Crippen LogP contribution in [0, 0.1) is 0 Å². The Morgan fingerprint density at radius 2 is 1.58 bits per heavy atom. The molecule has 0 radical (unpaired) electrons. The SMILES string of the molecule is O=C(Nc1ccccc1N1CCOCC1)c1cccc(S(=O)(=O)N2CCc3ccccc32)c1. The van der Waals surface area contributed by atoms with Crippen molar-refractivity contribution in [1.29, 1.82) is 0 Å². The second-order valence-electron chi connectivity index (χ2n) is 8.05. The predicted molar refractivity (Wildman–Crippen MR) is 129 cm³/mol. The van der Waals surface area contributed by atoms with E-state index >= 15 is 0 Å². The van der Waals surface area contributed by atoms with Crippen LogP contribution >= 0.6 is 0 Å². The van der Waals surface area contributed by atoms with Crippen LogP contribution in [-0.4, -0.2) is 47.2 Å². The van der Waals surface area contributed by atoms with E-state index in [9.17, 15) is 13.2 Å². The van der Waals surface area contributed by atoms with E-state index < -0.39 is 10.0 Å². The molecule has 8 heteroatoms. The van der Waals surface area contributed by atoms with E-state index in [1.165, 1.54) is 16.4 Å². The summed E-state index contributed by atoms with van der Waals surface area (Å²) in [6, 6.07) is 21.3. The molecular weight excluding hydrogens is 438 g/mol. The zero-order valence-corrected chi connectivity index (χ0v) is 18.9. The molecule has 1 N–H and O–H groups in total. The molecule has 0 bridgehead atoms. The number of benzene rings is 3. The van der Waals surface area contributed by atoms with Crippen molar-refractivity contribution in [3.05, 3.63) is 83.9 Å². The molecule has 2 heterocycles. The van der Waals surface area contributed by atoms with Crippen molar-refractivity contribution in [1.82, 2.24) is 0 Å². The first-order valence-corrected chi connectivity index (χ1v) is 12.4. The Balaban J connectivity index is 1.40. The van der Waals surface area contributed by atoms with E-state index in [-0.39, 0.29) is 10.8 Å². The highest BCUT2D eigenvalue weighted by atomic mass is 32.2. The van der Waals surface area contributed by atoms with Gasteiger partial charge in [0.05, 0.1) is 35.2 Å². The van der Waals surface area contributed by atoms with E-state index in [1.807, 2.05) is 48.5 Å². The summed E-state index contributed by atoms with van der Waals surface area (Å²) < 4.78 is 33.6. The maximum atomic E-state index is 13.4. The van der Waals surface area contributed by atoms with Crippen LogP contribution in [0.5, 0.6) is 0 Å². The van der Waals surface area contributed by atoms with Crippen molar-refractivity contribution in [3.8, 4) is 0 Å². The number of carbonyl (C=O) groups excluding carboxylic acids is 1. The minimum atomic E-state index is -3.78. The Morgan fingerprint density at radius 1 is 0.848 bits per heavy atom. The summed E-state index contributed by atoms with van der Waals surface area (Å²) in [4.78, 5) is 15.4. The number of carbonyl (C=O) groups is 1. The van der Waals surface area contributed by atoms with Crippen LogP contribution in [0.1, 0.15) is 15.9 Å². The van der Waals surface area contributed by atoms with Crippen molar-refractivity contribution >= 4 is 33.0 Å². The van der Waals surface area contributed by atoms with Gasteiger partial charge in [0.1, 0.15) is 0 Å². The van der Waals surface area contributed by atoms with Crippen molar-refractivity contribution in [3.63, 3.8) is 0 Å². The first-order valence-electron chi connectivity index (χ1n) is 11.0. The van der Waals surface area contributed by atoms with Crippen molar-refractivity contribution in [2.75, 3.05) is 47.4 Å². The molecule has 0 unspecified atom stereocenters. The summed E-state index contributed by atoms with van der Waals surface area (Å²) in [5.74, 6) is -0.352. The normalized spacial score (nSPS) is 15.9. The molecule has 3 aromatic carbocycles. The predicted octanol–water partition coefficient (Wildman–Crippen LogP) is 3.53. The number of nitrogens with zero attached hydrogens (tertiary/aromatic N) is 2. The van der Waals surface area contributed by atoms with Gasteiger partial charge in [0.25, 0.3) is 15.9 Å². The zero-order valence-electron chi connectivity index (χ0n) is 18.1. The Morgan fingerprint density at radius 3 is 2.39 bits per heavy atom. The monoisotopic (exact) mass is 463 g/mol. The number of fused-ring (bicyclic) bond motifs is 1. The third-order valence-electron chi connectivity index (χ3n) is 6.03. The average molecular weight is 464 g/mol. The molecule has 0 aliphatic carbocycles. The van der Waals surface area contributed by atoms with Gasteiger partial charge in [0.2, 0.25) is 0 Å². The van der Waals surface area contributed by atoms with Crippen molar-refractivity contribution in [2.24, 2.45) is 0 Å². The number of amides is 1. The molecule has 3 aromatic rings. The van der Waals surface area contributed by atoms with Crippen LogP contribution < -0.4 is 14.5 Å². The standard InChI is InChI=1S/C25H25N3O4S/c29-25(26-22-9-2-4-11-24(22)27-14-16-32-17-15-27)20-7-5-8-21(18-20)33(30,31)28-13-12-19-6-1-3-10-23(19)28/h1-11,18H,12-17H2,(H,26,29). The molecule has 2 aliphatic heterocycles. The number of nitrogens with one attached hydrogen (secondary N) is 1. The number of rotatable bonds is 5. The van der Waals surface area contributed by atoms with E-state index in [4.69, 9.17) is 4.74 Å². The fourth-order valence-corrected chi connectivity index (χ4v) is 5.89. The minimum Gasteiger partial charge on any atom is -0.378 e. The molecule has 0 saturated carbocycles. The minimum absolute atomic E-state index is 0.105. The summed E-state index contributed by atoms with van der Waals surface area (Å²) in [7, 11) is -3.78.